The first-order valence-corrected chi connectivity index (χ1v) is 10.5. The molecule has 1 aromatic carbocycles. The molecule has 0 bridgehead atoms. The van der Waals surface area contributed by atoms with Gasteiger partial charge in [0.25, 0.3) is 0 Å². The zero-order chi connectivity index (χ0) is 19.1. The summed E-state index contributed by atoms with van der Waals surface area (Å²) in [6.07, 6.45) is 3.71. The van der Waals surface area contributed by atoms with Crippen LogP contribution >= 0.6 is 23.4 Å². The van der Waals surface area contributed by atoms with Crippen molar-refractivity contribution in [2.24, 2.45) is 5.92 Å². The number of aliphatic hydroxyl groups excluding tert-OH is 1. The second-order valence-corrected chi connectivity index (χ2v) is 7.93. The van der Waals surface area contributed by atoms with Crippen LogP contribution in [0.2, 0.25) is 5.28 Å². The van der Waals surface area contributed by atoms with Crippen LogP contribution in [0, 0.1) is 5.92 Å². The third-order valence-corrected chi connectivity index (χ3v) is 5.86. The molecular formula is C19H24ClN3O3S. The van der Waals surface area contributed by atoms with Crippen molar-refractivity contribution >= 4 is 29.2 Å². The SMILES string of the molecule is COc1ccc(COc2cnc(Cl)nc2NC(CO)C2CCSCC2)cc1. The van der Waals surface area contributed by atoms with Gasteiger partial charge in [-0.05, 0) is 59.6 Å². The van der Waals surface area contributed by atoms with Gasteiger partial charge in [0, 0.05) is 0 Å². The monoisotopic (exact) mass is 409 g/mol. The van der Waals surface area contributed by atoms with Crippen molar-refractivity contribution in [3.63, 3.8) is 0 Å². The number of thioether (sulfide) groups is 1. The lowest BCUT2D eigenvalue weighted by Gasteiger charge is -2.30. The van der Waals surface area contributed by atoms with Crippen LogP contribution in [0.25, 0.3) is 0 Å². The fourth-order valence-corrected chi connectivity index (χ4v) is 4.32. The second kappa shape index (κ2) is 10.0. The van der Waals surface area contributed by atoms with E-state index in [0.29, 0.717) is 24.1 Å². The highest BCUT2D eigenvalue weighted by Gasteiger charge is 2.25. The van der Waals surface area contributed by atoms with Gasteiger partial charge in [0.15, 0.2) is 11.6 Å². The minimum absolute atomic E-state index is 0.0366. The average molecular weight is 410 g/mol. The molecule has 1 aromatic heterocycles. The zero-order valence-corrected chi connectivity index (χ0v) is 16.8. The Labute approximate surface area is 168 Å². The van der Waals surface area contributed by atoms with Crippen molar-refractivity contribution in [1.82, 2.24) is 9.97 Å². The first kappa shape index (κ1) is 20.0. The molecule has 1 fully saturated rings. The Bertz CT molecular complexity index is 727. The molecule has 0 radical (unpaired) electrons. The molecular weight excluding hydrogens is 386 g/mol. The summed E-state index contributed by atoms with van der Waals surface area (Å²) in [6, 6.07) is 7.58. The summed E-state index contributed by atoms with van der Waals surface area (Å²) in [5, 5.41) is 13.3. The van der Waals surface area contributed by atoms with E-state index >= 15 is 0 Å². The summed E-state index contributed by atoms with van der Waals surface area (Å²) in [4.78, 5) is 8.31. The molecule has 2 aromatic rings. The van der Waals surface area contributed by atoms with E-state index in [-0.39, 0.29) is 17.9 Å². The molecule has 3 rings (SSSR count). The number of hydrogen-bond acceptors (Lipinski definition) is 7. The van der Waals surface area contributed by atoms with Crippen molar-refractivity contribution in [2.45, 2.75) is 25.5 Å². The molecule has 1 saturated heterocycles. The number of nitrogens with one attached hydrogen (secondary N) is 1. The third-order valence-electron chi connectivity index (χ3n) is 4.63. The molecule has 6 nitrogen and oxygen atoms in total. The number of benzene rings is 1. The van der Waals surface area contributed by atoms with Gasteiger partial charge >= 0.3 is 0 Å². The van der Waals surface area contributed by atoms with E-state index in [9.17, 15) is 5.11 Å². The van der Waals surface area contributed by atoms with E-state index in [1.54, 1.807) is 13.3 Å². The van der Waals surface area contributed by atoms with Gasteiger partial charge in [0.05, 0.1) is 26.0 Å². The molecule has 2 heterocycles. The Morgan fingerprint density at radius 1 is 1.30 bits per heavy atom. The fourth-order valence-electron chi connectivity index (χ4n) is 3.05. The maximum absolute atomic E-state index is 9.86. The van der Waals surface area contributed by atoms with Crippen LogP contribution in [-0.4, -0.2) is 46.3 Å². The normalized spacial score (nSPS) is 16.0. The number of methoxy groups -OCH3 is 1. The quantitative estimate of drug-likeness (QED) is 0.644. The van der Waals surface area contributed by atoms with Gasteiger partial charge in [-0.15, -0.1) is 0 Å². The van der Waals surface area contributed by atoms with Crippen LogP contribution in [-0.2, 0) is 6.61 Å². The van der Waals surface area contributed by atoms with Crippen molar-refractivity contribution in [1.29, 1.82) is 0 Å². The Balaban J connectivity index is 1.69. The van der Waals surface area contributed by atoms with Crippen molar-refractivity contribution in [3.05, 3.63) is 41.3 Å². The summed E-state index contributed by atoms with van der Waals surface area (Å²) in [5.41, 5.74) is 1.000. The van der Waals surface area contributed by atoms with E-state index < -0.39 is 0 Å². The number of hydrogen-bond donors (Lipinski definition) is 2. The lowest BCUT2D eigenvalue weighted by atomic mass is 9.94. The van der Waals surface area contributed by atoms with Crippen LogP contribution < -0.4 is 14.8 Å². The highest BCUT2D eigenvalue weighted by molar-refractivity contribution is 7.99. The predicted octanol–water partition coefficient (Wildman–Crippen LogP) is 3.63. The molecule has 0 amide bonds. The average Bonchev–Trinajstić information content (AvgIpc) is 2.72. The maximum Gasteiger partial charge on any atom is 0.224 e. The van der Waals surface area contributed by atoms with Crippen LogP contribution in [0.1, 0.15) is 18.4 Å². The largest absolute Gasteiger partial charge is 0.497 e. The van der Waals surface area contributed by atoms with E-state index in [4.69, 9.17) is 21.1 Å². The molecule has 1 aliphatic rings. The molecule has 0 aliphatic carbocycles. The third kappa shape index (κ3) is 5.64. The smallest absolute Gasteiger partial charge is 0.224 e. The molecule has 2 N–H and O–H groups in total. The summed E-state index contributed by atoms with van der Waals surface area (Å²) >= 11 is 7.94. The van der Waals surface area contributed by atoms with Gasteiger partial charge in [0.2, 0.25) is 5.28 Å². The van der Waals surface area contributed by atoms with E-state index in [1.807, 2.05) is 36.0 Å². The minimum Gasteiger partial charge on any atom is -0.497 e. The number of nitrogens with zero attached hydrogens (tertiary/aromatic N) is 2. The molecule has 0 saturated carbocycles. The van der Waals surface area contributed by atoms with Gasteiger partial charge in [-0.2, -0.15) is 16.7 Å². The predicted molar refractivity (Wildman–Crippen MR) is 109 cm³/mol. The summed E-state index contributed by atoms with van der Waals surface area (Å²) in [7, 11) is 1.64. The van der Waals surface area contributed by atoms with Gasteiger partial charge in [0.1, 0.15) is 12.4 Å². The van der Waals surface area contributed by atoms with Gasteiger partial charge in [-0.25, -0.2) is 4.98 Å². The first-order chi connectivity index (χ1) is 13.2. The lowest BCUT2D eigenvalue weighted by molar-refractivity contribution is 0.230. The van der Waals surface area contributed by atoms with Gasteiger partial charge in [-0.3, -0.25) is 0 Å². The molecule has 1 atom stereocenters. The van der Waals surface area contributed by atoms with Crippen molar-refractivity contribution in [3.8, 4) is 11.5 Å². The number of anilines is 1. The van der Waals surface area contributed by atoms with E-state index in [0.717, 1.165) is 35.7 Å². The molecule has 8 heteroatoms. The van der Waals surface area contributed by atoms with Crippen molar-refractivity contribution < 1.29 is 14.6 Å². The maximum atomic E-state index is 9.86. The summed E-state index contributed by atoms with van der Waals surface area (Å²) in [6.45, 7) is 0.405. The highest BCUT2D eigenvalue weighted by atomic mass is 35.5. The number of aliphatic hydroxyl groups is 1. The zero-order valence-electron chi connectivity index (χ0n) is 15.2. The van der Waals surface area contributed by atoms with Crippen molar-refractivity contribution in [2.75, 3.05) is 30.5 Å². The summed E-state index contributed by atoms with van der Waals surface area (Å²) < 4.78 is 11.1. The highest BCUT2D eigenvalue weighted by Crippen LogP contribution is 2.30. The Morgan fingerprint density at radius 2 is 2.04 bits per heavy atom. The lowest BCUT2D eigenvalue weighted by Crippen LogP contribution is -2.35. The van der Waals surface area contributed by atoms with E-state index in [2.05, 4.69) is 15.3 Å². The molecule has 146 valence electrons. The first-order valence-electron chi connectivity index (χ1n) is 8.93. The van der Waals surface area contributed by atoms with Crippen LogP contribution in [0.5, 0.6) is 11.5 Å². The standard InChI is InChI=1S/C19H24ClN3O3S/c1-25-15-4-2-13(3-5-15)12-26-17-10-21-19(20)23-18(17)22-16(11-24)14-6-8-27-9-7-14/h2-5,10,14,16,24H,6-9,11-12H2,1H3,(H,21,22,23). The second-order valence-electron chi connectivity index (χ2n) is 6.37. The van der Waals surface area contributed by atoms with E-state index in [1.165, 1.54) is 0 Å². The number of ether oxygens (including phenoxy) is 2. The minimum atomic E-state index is -0.0831. The number of halogens is 1. The molecule has 0 spiro atoms. The number of rotatable bonds is 8. The Kier molecular flexibility index (Phi) is 7.43. The Morgan fingerprint density at radius 3 is 2.70 bits per heavy atom. The topological polar surface area (TPSA) is 76.5 Å². The fraction of sp³-hybridized carbons (Fsp3) is 0.474. The van der Waals surface area contributed by atoms with Gasteiger partial charge in [-0.1, -0.05) is 12.1 Å². The molecule has 1 unspecified atom stereocenters. The Hall–Kier alpha value is -1.70. The van der Waals surface area contributed by atoms with Gasteiger partial charge < -0.3 is 19.9 Å². The van der Waals surface area contributed by atoms with Crippen LogP contribution in [0.4, 0.5) is 5.82 Å². The van der Waals surface area contributed by atoms with Crippen LogP contribution in [0.3, 0.4) is 0 Å². The number of aromatic nitrogens is 2. The molecule has 1 aliphatic heterocycles. The summed E-state index contributed by atoms with van der Waals surface area (Å²) in [5.74, 6) is 4.47. The molecule has 27 heavy (non-hydrogen) atoms. The van der Waals surface area contributed by atoms with Crippen LogP contribution in [0.15, 0.2) is 30.5 Å².